The van der Waals surface area contributed by atoms with Gasteiger partial charge < -0.3 is 0 Å². The van der Waals surface area contributed by atoms with Crippen molar-refractivity contribution in [3.63, 3.8) is 0 Å². The summed E-state index contributed by atoms with van der Waals surface area (Å²) in [5, 5.41) is 5.83. The van der Waals surface area contributed by atoms with E-state index in [0.717, 1.165) is 11.3 Å². The van der Waals surface area contributed by atoms with Crippen LogP contribution in [0, 0.1) is 0 Å². The summed E-state index contributed by atoms with van der Waals surface area (Å²) in [6, 6.07) is 8.98. The van der Waals surface area contributed by atoms with Crippen molar-refractivity contribution in [2.75, 3.05) is 0 Å². The molecular formula is C15H11BrCl4N4. The average molecular weight is 469 g/mol. The van der Waals surface area contributed by atoms with Crippen molar-refractivity contribution in [3.8, 4) is 0 Å². The fourth-order valence-corrected chi connectivity index (χ4v) is 3.90. The molecule has 0 N–H and O–H groups in total. The molecule has 4 nitrogen and oxygen atoms in total. The van der Waals surface area contributed by atoms with Crippen LogP contribution in [0.4, 0.5) is 0 Å². The Labute approximate surface area is 168 Å². The Morgan fingerprint density at radius 3 is 2.42 bits per heavy atom. The molecule has 1 atom stereocenters. The molecule has 1 unspecified atom stereocenters. The monoisotopic (exact) mass is 466 g/mol. The molecule has 0 spiro atoms. The molecule has 24 heavy (non-hydrogen) atoms. The summed E-state index contributed by atoms with van der Waals surface area (Å²) in [4.78, 5) is 8.42. The van der Waals surface area contributed by atoms with Crippen LogP contribution in [0.1, 0.15) is 11.3 Å². The minimum atomic E-state index is -0.701. The van der Waals surface area contributed by atoms with Crippen molar-refractivity contribution in [3.05, 3.63) is 75.5 Å². The zero-order chi connectivity index (χ0) is 16.4. The molecule has 2 heterocycles. The van der Waals surface area contributed by atoms with Gasteiger partial charge in [-0.1, -0.05) is 56.8 Å². The molecule has 0 fully saturated rings. The molecule has 1 aromatic carbocycles. The maximum absolute atomic E-state index is 6.42. The number of hydrogen-bond acceptors (Lipinski definition) is 3. The molecule has 126 valence electrons. The predicted octanol–water partition coefficient (Wildman–Crippen LogP) is 5.39. The van der Waals surface area contributed by atoms with E-state index in [9.17, 15) is 0 Å². The van der Waals surface area contributed by atoms with Crippen LogP contribution in [0.2, 0.25) is 15.1 Å². The summed E-state index contributed by atoms with van der Waals surface area (Å²) in [6.45, 7) is 0.447. The molecule has 0 saturated carbocycles. The van der Waals surface area contributed by atoms with Gasteiger partial charge in [0.2, 0.25) is 0 Å². The number of aromatic nitrogens is 4. The van der Waals surface area contributed by atoms with Crippen molar-refractivity contribution in [1.29, 1.82) is 0 Å². The van der Waals surface area contributed by atoms with Gasteiger partial charge in [0.25, 0.3) is 0 Å². The van der Waals surface area contributed by atoms with E-state index in [1.807, 2.05) is 12.1 Å². The lowest BCUT2D eigenvalue weighted by Gasteiger charge is -2.28. The Morgan fingerprint density at radius 2 is 1.83 bits per heavy atom. The van der Waals surface area contributed by atoms with Crippen molar-refractivity contribution in [1.82, 2.24) is 19.7 Å². The number of nitrogens with zero attached hydrogens (tertiary/aromatic N) is 4. The predicted molar refractivity (Wildman–Crippen MR) is 103 cm³/mol. The lowest BCUT2D eigenvalue weighted by atomic mass is 9.94. The van der Waals surface area contributed by atoms with Gasteiger partial charge in [0.1, 0.15) is 17.0 Å². The highest BCUT2D eigenvalue weighted by molar-refractivity contribution is 9.09. The van der Waals surface area contributed by atoms with Crippen molar-refractivity contribution >= 4 is 63.1 Å². The third kappa shape index (κ3) is 4.03. The van der Waals surface area contributed by atoms with Crippen molar-refractivity contribution in [2.45, 2.75) is 10.9 Å². The van der Waals surface area contributed by atoms with Crippen LogP contribution in [0.3, 0.4) is 0 Å². The van der Waals surface area contributed by atoms with Gasteiger partial charge in [0.05, 0.1) is 17.3 Å². The second kappa shape index (κ2) is 8.02. The molecule has 3 aromatic rings. The number of alkyl halides is 1. The molecule has 9 heteroatoms. The van der Waals surface area contributed by atoms with Gasteiger partial charge >= 0.3 is 0 Å². The fraction of sp³-hybridized carbons (Fsp3) is 0.133. The standard InChI is InChI=1S/C15H10BrCl3N4.ClH/c16-15(7-23-9-20-8-22-23,14-4-2-11(18)6-21-14)12-3-1-10(17)5-13(12)19;/h1-6,8-9H,7H2;1H. The third-order valence-corrected chi connectivity index (χ3v) is 5.19. The maximum Gasteiger partial charge on any atom is 0.137 e. The minimum Gasteiger partial charge on any atom is -0.258 e. The largest absolute Gasteiger partial charge is 0.258 e. The van der Waals surface area contributed by atoms with E-state index >= 15 is 0 Å². The number of halogens is 5. The van der Waals surface area contributed by atoms with Crippen molar-refractivity contribution in [2.24, 2.45) is 0 Å². The van der Waals surface area contributed by atoms with Crippen LogP contribution >= 0.6 is 63.1 Å². The van der Waals surface area contributed by atoms with Crippen LogP contribution in [0.25, 0.3) is 0 Å². The molecule has 0 radical (unpaired) electrons. The van der Waals surface area contributed by atoms with Gasteiger partial charge in [-0.2, -0.15) is 5.10 Å². The highest BCUT2D eigenvalue weighted by atomic mass is 79.9. The minimum absolute atomic E-state index is 0. The first kappa shape index (κ1) is 19.5. The number of rotatable bonds is 4. The first-order valence-corrected chi connectivity index (χ1v) is 8.50. The highest BCUT2D eigenvalue weighted by Gasteiger charge is 2.35. The van der Waals surface area contributed by atoms with E-state index < -0.39 is 4.32 Å². The van der Waals surface area contributed by atoms with Gasteiger partial charge in [0.15, 0.2) is 0 Å². The average Bonchev–Trinajstić information content (AvgIpc) is 3.00. The molecule has 0 aliphatic carbocycles. The Kier molecular flexibility index (Phi) is 6.51. The molecule has 3 rings (SSSR count). The number of pyridine rings is 1. The Morgan fingerprint density at radius 1 is 1.08 bits per heavy atom. The summed E-state index contributed by atoms with van der Waals surface area (Å²) in [6.07, 6.45) is 4.71. The number of benzene rings is 1. The van der Waals surface area contributed by atoms with Crippen LogP contribution in [-0.2, 0) is 10.9 Å². The summed E-state index contributed by atoms with van der Waals surface area (Å²) >= 11 is 22.2. The fourth-order valence-electron chi connectivity index (χ4n) is 2.26. The summed E-state index contributed by atoms with van der Waals surface area (Å²) in [7, 11) is 0. The highest BCUT2D eigenvalue weighted by Crippen LogP contribution is 2.43. The number of hydrogen-bond donors (Lipinski definition) is 0. The van der Waals surface area contributed by atoms with Gasteiger partial charge in [0, 0.05) is 16.2 Å². The molecule has 0 aliphatic heterocycles. The summed E-state index contributed by atoms with van der Waals surface area (Å²) < 4.78 is 1.00. The van der Waals surface area contributed by atoms with Crippen LogP contribution in [0.5, 0.6) is 0 Å². The van der Waals surface area contributed by atoms with E-state index in [1.165, 1.54) is 6.33 Å². The van der Waals surface area contributed by atoms with Gasteiger partial charge in [-0.05, 0) is 29.8 Å². The topological polar surface area (TPSA) is 43.6 Å². The Balaban J connectivity index is 0.00000208. The van der Waals surface area contributed by atoms with E-state index in [0.29, 0.717) is 21.6 Å². The Hall–Kier alpha value is -0.850. The molecular weight excluding hydrogens is 458 g/mol. The van der Waals surface area contributed by atoms with Crippen LogP contribution in [0.15, 0.2) is 49.2 Å². The second-order valence-electron chi connectivity index (χ2n) is 4.88. The molecule has 0 aliphatic rings. The molecule has 0 saturated heterocycles. The first-order chi connectivity index (χ1) is 11.0. The zero-order valence-corrected chi connectivity index (χ0v) is 16.7. The summed E-state index contributed by atoms with van der Waals surface area (Å²) in [5.74, 6) is 0. The lowest BCUT2D eigenvalue weighted by Crippen LogP contribution is -2.28. The van der Waals surface area contributed by atoms with Gasteiger partial charge in [-0.15, -0.1) is 12.4 Å². The van der Waals surface area contributed by atoms with Crippen LogP contribution in [-0.4, -0.2) is 19.7 Å². The van der Waals surface area contributed by atoms with Gasteiger partial charge in [-0.25, -0.2) is 4.98 Å². The smallest absolute Gasteiger partial charge is 0.137 e. The molecule has 2 aromatic heterocycles. The first-order valence-electron chi connectivity index (χ1n) is 6.58. The maximum atomic E-state index is 6.42. The third-order valence-electron chi connectivity index (χ3n) is 3.34. The quantitative estimate of drug-likeness (QED) is 0.482. The van der Waals surface area contributed by atoms with Crippen LogP contribution < -0.4 is 0 Å². The van der Waals surface area contributed by atoms with Gasteiger partial charge in [-0.3, -0.25) is 9.67 Å². The SMILES string of the molecule is Cl.Clc1ccc(C(Br)(Cn2cncn2)c2ccc(Cl)cc2Cl)nc1. The summed E-state index contributed by atoms with van der Waals surface area (Å²) in [5.41, 5.74) is 1.58. The molecule has 0 bridgehead atoms. The lowest BCUT2D eigenvalue weighted by molar-refractivity contribution is 0.528. The van der Waals surface area contributed by atoms with E-state index in [2.05, 4.69) is 31.0 Å². The zero-order valence-electron chi connectivity index (χ0n) is 12.0. The van der Waals surface area contributed by atoms with Crippen molar-refractivity contribution < 1.29 is 0 Å². The van der Waals surface area contributed by atoms with E-state index in [1.54, 1.807) is 35.4 Å². The molecule has 0 amide bonds. The normalized spacial score (nSPS) is 13.2. The Bertz CT molecular complexity index is 811. The second-order valence-corrected chi connectivity index (χ2v) is 7.51. The van der Waals surface area contributed by atoms with E-state index in [-0.39, 0.29) is 12.4 Å². The van der Waals surface area contributed by atoms with E-state index in [4.69, 9.17) is 34.8 Å².